The number of nitrogens with two attached hydrogens (primary N) is 1. The zero-order chi connectivity index (χ0) is 16.7. The molecule has 2 heterocycles. The number of nitrogens with zero attached hydrogens (tertiary/aromatic N) is 5. The second-order valence-electron chi connectivity index (χ2n) is 5.66. The van der Waals surface area contributed by atoms with E-state index in [9.17, 15) is 4.79 Å². The number of hydrogen-bond donors (Lipinski definition) is 2. The van der Waals surface area contributed by atoms with E-state index < -0.39 is 6.09 Å². The number of hydrogen-bond acceptors (Lipinski definition) is 4. The van der Waals surface area contributed by atoms with Crippen LogP contribution in [-0.2, 0) is 0 Å². The third-order valence-electron chi connectivity index (χ3n) is 3.93. The summed E-state index contributed by atoms with van der Waals surface area (Å²) >= 11 is 0. The lowest BCUT2D eigenvalue weighted by atomic mass is 10.1. The molecule has 0 aliphatic heterocycles. The molecule has 0 bridgehead atoms. The van der Waals surface area contributed by atoms with Crippen molar-refractivity contribution in [3.8, 4) is 11.3 Å². The lowest BCUT2D eigenvalue weighted by Crippen LogP contribution is -2.17. The molecule has 0 radical (unpaired) electrons. The second kappa shape index (κ2) is 5.41. The fourth-order valence-electron chi connectivity index (χ4n) is 2.64. The summed E-state index contributed by atoms with van der Waals surface area (Å²) < 4.78 is 2.06. The summed E-state index contributed by atoms with van der Waals surface area (Å²) in [6.45, 7) is 0. The molecule has 4 rings (SSSR count). The van der Waals surface area contributed by atoms with Crippen LogP contribution in [-0.4, -0.2) is 36.8 Å². The molecule has 1 amide bonds. The van der Waals surface area contributed by atoms with E-state index in [1.165, 1.54) is 19.2 Å². The molecule has 0 unspecified atom stereocenters. The van der Waals surface area contributed by atoms with E-state index >= 15 is 0 Å². The molecule has 0 saturated heterocycles. The van der Waals surface area contributed by atoms with Crippen LogP contribution in [0.25, 0.3) is 22.2 Å². The Bertz CT molecular complexity index is 974. The molecule has 3 N–H and O–H groups in total. The quantitative estimate of drug-likeness (QED) is 0.563. The number of carbonyl (C=O) groups is 1. The van der Waals surface area contributed by atoms with Gasteiger partial charge in [-0.3, -0.25) is 4.68 Å². The van der Waals surface area contributed by atoms with E-state index in [1.807, 2.05) is 24.4 Å². The van der Waals surface area contributed by atoms with Crippen LogP contribution in [0.4, 0.5) is 4.79 Å². The molecule has 120 valence electrons. The SMILES string of the molecule is NC(=NC(=O)O)c1cc(-c2ccc3c(cnn3C3CC3)c2)ncn1. The third kappa shape index (κ3) is 2.58. The zero-order valence-corrected chi connectivity index (χ0v) is 12.6. The zero-order valence-electron chi connectivity index (χ0n) is 12.6. The molecule has 0 spiro atoms. The van der Waals surface area contributed by atoms with Crippen LogP contribution in [0.2, 0.25) is 0 Å². The fourth-order valence-corrected chi connectivity index (χ4v) is 2.64. The maximum Gasteiger partial charge on any atom is 0.433 e. The summed E-state index contributed by atoms with van der Waals surface area (Å²) in [6, 6.07) is 8.11. The average molecular weight is 322 g/mol. The smallest absolute Gasteiger partial charge is 0.433 e. The van der Waals surface area contributed by atoms with Crippen molar-refractivity contribution >= 4 is 22.8 Å². The highest BCUT2D eigenvalue weighted by molar-refractivity contribution is 6.01. The van der Waals surface area contributed by atoms with E-state index in [0.717, 1.165) is 16.5 Å². The Morgan fingerprint density at radius 3 is 2.88 bits per heavy atom. The Labute approximate surface area is 136 Å². The Morgan fingerprint density at radius 1 is 1.29 bits per heavy atom. The summed E-state index contributed by atoms with van der Waals surface area (Å²) in [5.74, 6) is -0.159. The minimum Gasteiger partial charge on any atom is -0.463 e. The van der Waals surface area contributed by atoms with Crippen LogP contribution >= 0.6 is 0 Å². The summed E-state index contributed by atoms with van der Waals surface area (Å²) in [6.07, 6.45) is 4.18. The van der Waals surface area contributed by atoms with Crippen molar-refractivity contribution in [2.45, 2.75) is 18.9 Å². The van der Waals surface area contributed by atoms with Crippen molar-refractivity contribution in [3.63, 3.8) is 0 Å². The number of aliphatic imine (C=N–C) groups is 1. The molecule has 8 heteroatoms. The maximum atomic E-state index is 10.6. The highest BCUT2D eigenvalue weighted by Crippen LogP contribution is 2.37. The first-order valence-electron chi connectivity index (χ1n) is 7.49. The number of amidine groups is 1. The van der Waals surface area contributed by atoms with Crippen LogP contribution in [0.15, 0.2) is 41.8 Å². The standard InChI is InChI=1S/C16H14N6O2/c17-15(21-16(23)24)13-6-12(18-8-19-13)9-1-4-14-10(5-9)7-20-22(14)11-2-3-11/h1,4-8,11H,2-3H2,(H2,17,21)(H,23,24). The van der Waals surface area contributed by atoms with Crippen molar-refractivity contribution < 1.29 is 9.90 Å². The Morgan fingerprint density at radius 2 is 2.12 bits per heavy atom. The first kappa shape index (κ1) is 14.3. The van der Waals surface area contributed by atoms with Gasteiger partial charge in [0.05, 0.1) is 23.4 Å². The Kier molecular flexibility index (Phi) is 3.23. The first-order chi connectivity index (χ1) is 11.6. The predicted octanol–water partition coefficient (Wildman–Crippen LogP) is 2.21. The highest BCUT2D eigenvalue weighted by Gasteiger charge is 2.25. The van der Waals surface area contributed by atoms with Crippen molar-refractivity contribution in [1.29, 1.82) is 0 Å². The normalized spacial score (nSPS) is 14.9. The van der Waals surface area contributed by atoms with Gasteiger partial charge in [0.1, 0.15) is 12.0 Å². The summed E-state index contributed by atoms with van der Waals surface area (Å²) in [5, 5.41) is 14.2. The minimum absolute atomic E-state index is 0.159. The van der Waals surface area contributed by atoms with Gasteiger partial charge in [0, 0.05) is 10.9 Å². The number of carboxylic acid groups (broad SMARTS) is 1. The molecule has 24 heavy (non-hydrogen) atoms. The van der Waals surface area contributed by atoms with Crippen molar-refractivity contribution in [2.24, 2.45) is 10.7 Å². The number of fused-ring (bicyclic) bond motifs is 1. The second-order valence-corrected chi connectivity index (χ2v) is 5.66. The molecule has 1 fully saturated rings. The molecule has 1 saturated carbocycles. The van der Waals surface area contributed by atoms with Gasteiger partial charge in [0.25, 0.3) is 0 Å². The lowest BCUT2D eigenvalue weighted by molar-refractivity contribution is 0.205. The summed E-state index contributed by atoms with van der Waals surface area (Å²) in [5.41, 5.74) is 8.54. The Balaban J connectivity index is 1.73. The van der Waals surface area contributed by atoms with Crippen molar-refractivity contribution in [1.82, 2.24) is 19.7 Å². The average Bonchev–Trinajstić information content (AvgIpc) is 3.33. The van der Waals surface area contributed by atoms with Crippen molar-refractivity contribution in [2.75, 3.05) is 0 Å². The first-order valence-corrected chi connectivity index (χ1v) is 7.49. The van der Waals surface area contributed by atoms with Crippen molar-refractivity contribution in [3.05, 3.63) is 42.5 Å². The number of rotatable bonds is 3. The molecule has 1 aliphatic carbocycles. The maximum absolute atomic E-state index is 10.6. The van der Waals surface area contributed by atoms with E-state index in [1.54, 1.807) is 6.07 Å². The molecule has 1 aromatic carbocycles. The summed E-state index contributed by atoms with van der Waals surface area (Å²) in [4.78, 5) is 22.1. The molecule has 3 aromatic rings. The molecule has 1 aliphatic rings. The van der Waals surface area contributed by atoms with Gasteiger partial charge in [0.15, 0.2) is 5.84 Å². The van der Waals surface area contributed by atoms with Gasteiger partial charge >= 0.3 is 6.09 Å². The number of aromatic nitrogens is 4. The van der Waals surface area contributed by atoms with Gasteiger partial charge in [-0.15, -0.1) is 0 Å². The van der Waals surface area contributed by atoms with Gasteiger partial charge in [-0.05, 0) is 31.0 Å². The van der Waals surface area contributed by atoms with Gasteiger partial charge in [-0.1, -0.05) is 6.07 Å². The molecular formula is C16H14N6O2. The van der Waals surface area contributed by atoms with Crippen LogP contribution in [0.5, 0.6) is 0 Å². The van der Waals surface area contributed by atoms with E-state index in [-0.39, 0.29) is 11.5 Å². The van der Waals surface area contributed by atoms with Crippen LogP contribution < -0.4 is 5.73 Å². The predicted molar refractivity (Wildman–Crippen MR) is 87.8 cm³/mol. The molecule has 2 aromatic heterocycles. The lowest BCUT2D eigenvalue weighted by Gasteiger charge is -2.05. The fraction of sp³-hybridized carbons (Fsp3) is 0.188. The van der Waals surface area contributed by atoms with Gasteiger partial charge in [0.2, 0.25) is 0 Å². The van der Waals surface area contributed by atoms with E-state index in [2.05, 4.69) is 24.7 Å². The summed E-state index contributed by atoms with van der Waals surface area (Å²) in [7, 11) is 0. The molecule has 8 nitrogen and oxygen atoms in total. The third-order valence-corrected chi connectivity index (χ3v) is 3.93. The van der Waals surface area contributed by atoms with Gasteiger partial charge in [-0.25, -0.2) is 14.8 Å². The number of benzene rings is 1. The largest absolute Gasteiger partial charge is 0.463 e. The van der Waals surface area contributed by atoms with Crippen LogP contribution in [0.1, 0.15) is 24.6 Å². The minimum atomic E-state index is -1.36. The Hall–Kier alpha value is -3.29. The van der Waals surface area contributed by atoms with Gasteiger partial charge < -0.3 is 10.8 Å². The van der Waals surface area contributed by atoms with Gasteiger partial charge in [-0.2, -0.15) is 10.1 Å². The number of amides is 1. The molecular weight excluding hydrogens is 308 g/mol. The topological polar surface area (TPSA) is 119 Å². The van der Waals surface area contributed by atoms with E-state index in [0.29, 0.717) is 11.7 Å². The van der Waals surface area contributed by atoms with Crippen LogP contribution in [0, 0.1) is 0 Å². The molecule has 0 atom stereocenters. The van der Waals surface area contributed by atoms with E-state index in [4.69, 9.17) is 10.8 Å². The monoisotopic (exact) mass is 322 g/mol. The highest BCUT2D eigenvalue weighted by atomic mass is 16.4. The van der Waals surface area contributed by atoms with Crippen LogP contribution in [0.3, 0.4) is 0 Å².